The van der Waals surface area contributed by atoms with Crippen molar-refractivity contribution in [2.75, 3.05) is 0 Å². The quantitative estimate of drug-likeness (QED) is 0.379. The lowest BCUT2D eigenvalue weighted by molar-refractivity contribution is 0.0938. The van der Waals surface area contributed by atoms with Crippen molar-refractivity contribution in [3.8, 4) is 5.69 Å². The molecule has 0 saturated heterocycles. The molecule has 0 radical (unpaired) electrons. The zero-order chi connectivity index (χ0) is 23.9. The fraction of sp³-hybridized carbons (Fsp3) is 0.148. The monoisotopic (exact) mass is 473 g/mol. The first kappa shape index (κ1) is 23.4. The molecular weight excluding hydrogens is 449 g/mol. The predicted octanol–water partition coefficient (Wildman–Crippen LogP) is 5.27. The molecule has 0 bridgehead atoms. The smallest absolute Gasteiger partial charge is 0.271 e. The van der Waals surface area contributed by atoms with Gasteiger partial charge in [0, 0.05) is 22.6 Å². The summed E-state index contributed by atoms with van der Waals surface area (Å²) in [5, 5.41) is 8.03. The van der Waals surface area contributed by atoms with E-state index in [0.717, 1.165) is 17.7 Å². The molecule has 172 valence electrons. The largest absolute Gasteiger partial charge is 0.350 e. The maximum atomic E-state index is 13.1. The summed E-state index contributed by atoms with van der Waals surface area (Å²) < 4.78 is 14.4. The standard InChI is InChI=1S/C27H24FN3O2S/c1-19(7-8-20-5-3-2-4-6-20)29-27(33)21-9-13-23(14-10-21)31-26(32)18-17-25(30-31)34-24-15-11-22(28)12-16-24/h2-6,9-19H,7-8H2,1H3,(H,29,33)/t19-/m1/s1. The van der Waals surface area contributed by atoms with Crippen LogP contribution in [-0.4, -0.2) is 21.7 Å². The van der Waals surface area contributed by atoms with Crippen LogP contribution in [0.2, 0.25) is 0 Å². The average Bonchev–Trinajstić information content (AvgIpc) is 2.86. The highest BCUT2D eigenvalue weighted by Crippen LogP contribution is 2.25. The number of aromatic nitrogens is 2. The molecule has 1 atom stereocenters. The number of aryl methyl sites for hydroxylation is 1. The molecule has 0 aliphatic heterocycles. The molecule has 1 amide bonds. The second kappa shape index (κ2) is 10.9. The van der Waals surface area contributed by atoms with E-state index < -0.39 is 0 Å². The van der Waals surface area contributed by atoms with Crippen molar-refractivity contribution in [3.63, 3.8) is 0 Å². The highest BCUT2D eigenvalue weighted by Gasteiger charge is 2.11. The average molecular weight is 474 g/mol. The van der Waals surface area contributed by atoms with Crippen molar-refractivity contribution in [3.05, 3.63) is 118 Å². The third kappa shape index (κ3) is 6.20. The van der Waals surface area contributed by atoms with Crippen LogP contribution in [0, 0.1) is 5.82 Å². The summed E-state index contributed by atoms with van der Waals surface area (Å²) in [4.78, 5) is 25.8. The Labute approximate surface area is 201 Å². The Hall–Kier alpha value is -3.71. The number of nitrogens with one attached hydrogen (secondary N) is 1. The zero-order valence-electron chi connectivity index (χ0n) is 18.6. The first-order chi connectivity index (χ1) is 16.5. The van der Waals surface area contributed by atoms with Gasteiger partial charge in [0.05, 0.1) is 5.69 Å². The topological polar surface area (TPSA) is 64.0 Å². The molecule has 0 unspecified atom stereocenters. The zero-order valence-corrected chi connectivity index (χ0v) is 19.5. The molecule has 34 heavy (non-hydrogen) atoms. The Balaban J connectivity index is 1.41. The van der Waals surface area contributed by atoms with Gasteiger partial charge in [-0.25, -0.2) is 4.39 Å². The molecule has 0 spiro atoms. The maximum Gasteiger partial charge on any atom is 0.271 e. The van der Waals surface area contributed by atoms with E-state index >= 15 is 0 Å². The van der Waals surface area contributed by atoms with Gasteiger partial charge in [-0.15, -0.1) is 0 Å². The Morgan fingerprint density at radius 2 is 1.68 bits per heavy atom. The van der Waals surface area contributed by atoms with Gasteiger partial charge in [-0.3, -0.25) is 9.59 Å². The van der Waals surface area contributed by atoms with E-state index in [1.54, 1.807) is 42.5 Å². The Bertz CT molecular complexity index is 1310. The summed E-state index contributed by atoms with van der Waals surface area (Å²) >= 11 is 1.33. The summed E-state index contributed by atoms with van der Waals surface area (Å²) in [6.45, 7) is 1.99. The fourth-order valence-corrected chi connectivity index (χ4v) is 4.19. The van der Waals surface area contributed by atoms with E-state index in [2.05, 4.69) is 22.5 Å². The first-order valence-corrected chi connectivity index (χ1v) is 11.8. The van der Waals surface area contributed by atoms with Crippen LogP contribution in [0.3, 0.4) is 0 Å². The van der Waals surface area contributed by atoms with Gasteiger partial charge in [-0.2, -0.15) is 9.78 Å². The number of rotatable bonds is 8. The number of carbonyl (C=O) groups is 1. The van der Waals surface area contributed by atoms with E-state index in [0.29, 0.717) is 16.3 Å². The van der Waals surface area contributed by atoms with Crippen molar-refractivity contribution in [1.82, 2.24) is 15.1 Å². The van der Waals surface area contributed by atoms with E-state index in [1.807, 2.05) is 25.1 Å². The van der Waals surface area contributed by atoms with Gasteiger partial charge in [0.2, 0.25) is 0 Å². The fourth-order valence-electron chi connectivity index (χ4n) is 3.42. The lowest BCUT2D eigenvalue weighted by atomic mass is 10.1. The number of amides is 1. The molecule has 7 heteroatoms. The molecule has 1 aromatic heterocycles. The highest BCUT2D eigenvalue weighted by molar-refractivity contribution is 7.99. The molecule has 0 aliphatic rings. The van der Waals surface area contributed by atoms with Gasteiger partial charge < -0.3 is 5.32 Å². The Morgan fingerprint density at radius 3 is 2.38 bits per heavy atom. The van der Waals surface area contributed by atoms with Gasteiger partial charge in [-0.05, 0) is 79.9 Å². The summed E-state index contributed by atoms with van der Waals surface area (Å²) in [5.74, 6) is -0.468. The summed E-state index contributed by atoms with van der Waals surface area (Å²) in [6, 6.07) is 26.1. The highest BCUT2D eigenvalue weighted by atomic mass is 32.2. The first-order valence-electron chi connectivity index (χ1n) is 11.0. The van der Waals surface area contributed by atoms with Crippen molar-refractivity contribution < 1.29 is 9.18 Å². The summed E-state index contributed by atoms with van der Waals surface area (Å²) in [5.41, 5.74) is 2.03. The summed E-state index contributed by atoms with van der Waals surface area (Å²) in [7, 11) is 0. The van der Waals surface area contributed by atoms with E-state index in [-0.39, 0.29) is 23.3 Å². The van der Waals surface area contributed by atoms with E-state index in [1.165, 1.54) is 40.2 Å². The van der Waals surface area contributed by atoms with Gasteiger partial charge in [0.15, 0.2) is 0 Å². The van der Waals surface area contributed by atoms with Crippen LogP contribution in [0.25, 0.3) is 5.69 Å². The molecule has 0 fully saturated rings. The third-order valence-corrected chi connectivity index (χ3v) is 6.21. The molecule has 5 nitrogen and oxygen atoms in total. The van der Waals surface area contributed by atoms with Crippen molar-refractivity contribution in [2.45, 2.75) is 35.7 Å². The molecule has 3 aromatic carbocycles. The van der Waals surface area contributed by atoms with Gasteiger partial charge in [0.1, 0.15) is 10.8 Å². The van der Waals surface area contributed by atoms with E-state index in [4.69, 9.17) is 0 Å². The number of hydrogen-bond acceptors (Lipinski definition) is 4. The number of carbonyl (C=O) groups excluding carboxylic acids is 1. The molecule has 0 saturated carbocycles. The van der Waals surface area contributed by atoms with Crippen LogP contribution >= 0.6 is 11.8 Å². The lowest BCUT2D eigenvalue weighted by Gasteiger charge is -2.14. The number of benzene rings is 3. The number of halogens is 1. The SMILES string of the molecule is C[C@H](CCc1ccccc1)NC(=O)c1ccc(-n2nc(Sc3ccc(F)cc3)ccc2=O)cc1. The minimum atomic E-state index is -0.308. The van der Waals surface area contributed by atoms with Gasteiger partial charge in [0.25, 0.3) is 11.5 Å². The molecule has 1 N–H and O–H groups in total. The minimum Gasteiger partial charge on any atom is -0.350 e. The van der Waals surface area contributed by atoms with E-state index in [9.17, 15) is 14.0 Å². The van der Waals surface area contributed by atoms with Crippen LogP contribution in [0.5, 0.6) is 0 Å². The summed E-state index contributed by atoms with van der Waals surface area (Å²) in [6.07, 6.45) is 1.73. The molecular formula is C27H24FN3O2S. The van der Waals surface area contributed by atoms with Gasteiger partial charge in [-0.1, -0.05) is 42.1 Å². The Morgan fingerprint density at radius 1 is 0.971 bits per heavy atom. The van der Waals surface area contributed by atoms with Crippen molar-refractivity contribution in [2.24, 2.45) is 0 Å². The van der Waals surface area contributed by atoms with Crippen LogP contribution in [-0.2, 0) is 6.42 Å². The predicted molar refractivity (Wildman–Crippen MR) is 132 cm³/mol. The van der Waals surface area contributed by atoms with Crippen LogP contribution in [0.4, 0.5) is 4.39 Å². The van der Waals surface area contributed by atoms with Crippen molar-refractivity contribution in [1.29, 1.82) is 0 Å². The molecule has 4 aromatic rings. The molecule has 1 heterocycles. The minimum absolute atomic E-state index is 0.0248. The second-order valence-electron chi connectivity index (χ2n) is 7.92. The second-order valence-corrected chi connectivity index (χ2v) is 9.02. The maximum absolute atomic E-state index is 13.1. The Kier molecular flexibility index (Phi) is 7.54. The number of nitrogens with zero attached hydrogens (tertiary/aromatic N) is 2. The third-order valence-electron chi connectivity index (χ3n) is 5.27. The van der Waals surface area contributed by atoms with Crippen LogP contribution in [0.15, 0.2) is 106 Å². The van der Waals surface area contributed by atoms with Crippen LogP contribution < -0.4 is 10.9 Å². The van der Waals surface area contributed by atoms with Gasteiger partial charge >= 0.3 is 0 Å². The number of hydrogen-bond donors (Lipinski definition) is 1. The normalized spacial score (nSPS) is 11.7. The van der Waals surface area contributed by atoms with Crippen molar-refractivity contribution >= 4 is 17.7 Å². The molecule has 4 rings (SSSR count). The lowest BCUT2D eigenvalue weighted by Crippen LogP contribution is -2.32. The molecule has 0 aliphatic carbocycles. The van der Waals surface area contributed by atoms with Crippen LogP contribution in [0.1, 0.15) is 29.3 Å².